The highest BCUT2D eigenvalue weighted by atomic mass is 127. The highest BCUT2D eigenvalue weighted by Gasteiger charge is 2.08. The van der Waals surface area contributed by atoms with E-state index in [1.165, 1.54) is 23.3 Å². The molecule has 0 saturated heterocycles. The van der Waals surface area contributed by atoms with Gasteiger partial charge in [-0.3, -0.25) is 0 Å². The summed E-state index contributed by atoms with van der Waals surface area (Å²) >= 11 is 2.43. The van der Waals surface area contributed by atoms with Crippen molar-refractivity contribution >= 4 is 30.7 Å². The molecule has 0 fully saturated rings. The summed E-state index contributed by atoms with van der Waals surface area (Å²) in [6.07, 6.45) is 7.33. The Morgan fingerprint density at radius 3 is 2.27 bits per heavy atom. The standard InChI is InChI=1S/C9H19ISi/c1-11(2,3)9-7-5-4-6-8-10/h5,7H,4,6,8-9H2,1-3H3/b7-5-. The fourth-order valence-corrected chi connectivity index (χ4v) is 2.06. The predicted octanol–water partition coefficient (Wildman–Crippen LogP) is 4.10. The molecule has 0 N–H and O–H groups in total. The zero-order valence-corrected chi connectivity index (χ0v) is 11.0. The van der Waals surface area contributed by atoms with Gasteiger partial charge in [0.05, 0.1) is 0 Å². The first-order chi connectivity index (χ1) is 5.06. The van der Waals surface area contributed by atoms with Crippen LogP contribution in [0.1, 0.15) is 12.8 Å². The molecule has 0 heterocycles. The third kappa shape index (κ3) is 10.7. The minimum Gasteiger partial charge on any atom is -0.0912 e. The van der Waals surface area contributed by atoms with Crippen molar-refractivity contribution in [2.24, 2.45) is 0 Å². The average molecular weight is 282 g/mol. The summed E-state index contributed by atoms with van der Waals surface area (Å²) in [5.41, 5.74) is 0. The molecule has 0 radical (unpaired) electrons. The number of unbranched alkanes of at least 4 members (excludes halogenated alkanes) is 1. The third-order valence-electron chi connectivity index (χ3n) is 1.40. The largest absolute Gasteiger partial charge is 0.0912 e. The summed E-state index contributed by atoms with van der Waals surface area (Å²) in [5, 5.41) is 0. The number of rotatable bonds is 5. The van der Waals surface area contributed by atoms with Crippen LogP contribution in [0, 0.1) is 0 Å². The van der Waals surface area contributed by atoms with E-state index in [1.54, 1.807) is 0 Å². The van der Waals surface area contributed by atoms with Gasteiger partial charge < -0.3 is 0 Å². The molecule has 0 spiro atoms. The molecule has 0 aliphatic rings. The summed E-state index contributed by atoms with van der Waals surface area (Å²) in [7, 11) is -0.806. The molecule has 0 aromatic heterocycles. The van der Waals surface area contributed by atoms with Crippen LogP contribution in [0.25, 0.3) is 0 Å². The van der Waals surface area contributed by atoms with Gasteiger partial charge in [-0.05, 0) is 23.3 Å². The van der Waals surface area contributed by atoms with Gasteiger partial charge in [-0.25, -0.2) is 0 Å². The van der Waals surface area contributed by atoms with Gasteiger partial charge in [0.25, 0.3) is 0 Å². The van der Waals surface area contributed by atoms with Crippen molar-refractivity contribution in [2.45, 2.75) is 38.5 Å². The molecule has 11 heavy (non-hydrogen) atoms. The van der Waals surface area contributed by atoms with Gasteiger partial charge >= 0.3 is 0 Å². The van der Waals surface area contributed by atoms with E-state index < -0.39 is 8.07 Å². The smallest absolute Gasteiger partial charge is 0.0480 e. The molecular formula is C9H19ISi. The zero-order valence-electron chi connectivity index (χ0n) is 7.86. The van der Waals surface area contributed by atoms with Crippen molar-refractivity contribution in [3.05, 3.63) is 12.2 Å². The highest BCUT2D eigenvalue weighted by molar-refractivity contribution is 14.1. The topological polar surface area (TPSA) is 0 Å². The number of hydrogen-bond donors (Lipinski definition) is 0. The molecule has 0 aliphatic heterocycles. The van der Waals surface area contributed by atoms with E-state index in [4.69, 9.17) is 0 Å². The van der Waals surface area contributed by atoms with Crippen LogP contribution in [0.3, 0.4) is 0 Å². The minimum absolute atomic E-state index is 0.806. The number of alkyl halides is 1. The van der Waals surface area contributed by atoms with Crippen molar-refractivity contribution in [3.8, 4) is 0 Å². The van der Waals surface area contributed by atoms with Gasteiger partial charge in [0.15, 0.2) is 0 Å². The normalized spacial score (nSPS) is 12.7. The highest BCUT2D eigenvalue weighted by Crippen LogP contribution is 2.09. The Labute approximate surface area is 85.6 Å². The van der Waals surface area contributed by atoms with E-state index >= 15 is 0 Å². The SMILES string of the molecule is C[Si](C)(C)C/C=C\CCCI. The molecule has 0 aromatic rings. The molecule has 66 valence electrons. The van der Waals surface area contributed by atoms with Gasteiger partial charge in [0.1, 0.15) is 0 Å². The van der Waals surface area contributed by atoms with Gasteiger partial charge in [-0.15, -0.1) is 0 Å². The van der Waals surface area contributed by atoms with E-state index in [-0.39, 0.29) is 0 Å². The van der Waals surface area contributed by atoms with E-state index in [2.05, 4.69) is 54.4 Å². The summed E-state index contributed by atoms with van der Waals surface area (Å²) in [4.78, 5) is 0. The Morgan fingerprint density at radius 2 is 1.82 bits per heavy atom. The lowest BCUT2D eigenvalue weighted by Crippen LogP contribution is -2.17. The van der Waals surface area contributed by atoms with E-state index in [9.17, 15) is 0 Å². The Bertz CT molecular complexity index is 113. The van der Waals surface area contributed by atoms with Crippen LogP contribution in [0.2, 0.25) is 25.7 Å². The Hall–Kier alpha value is 0.687. The fourth-order valence-electron chi connectivity index (χ4n) is 0.750. The number of allylic oxidation sites excluding steroid dienone is 2. The molecule has 0 amide bonds. The Balaban J connectivity index is 3.30. The maximum atomic E-state index is 2.43. The van der Waals surface area contributed by atoms with Gasteiger partial charge in [-0.2, -0.15) is 0 Å². The van der Waals surface area contributed by atoms with Gasteiger partial charge in [0, 0.05) is 8.07 Å². The molecule has 0 atom stereocenters. The van der Waals surface area contributed by atoms with Crippen molar-refractivity contribution < 1.29 is 0 Å². The Kier molecular flexibility index (Phi) is 6.62. The van der Waals surface area contributed by atoms with Crippen LogP contribution in [-0.2, 0) is 0 Å². The molecule has 0 aliphatic carbocycles. The number of hydrogen-bond acceptors (Lipinski definition) is 0. The van der Waals surface area contributed by atoms with Gasteiger partial charge in [0.2, 0.25) is 0 Å². The van der Waals surface area contributed by atoms with Crippen LogP contribution in [0.15, 0.2) is 12.2 Å². The maximum absolute atomic E-state index is 2.43. The zero-order chi connectivity index (χ0) is 8.74. The summed E-state index contributed by atoms with van der Waals surface area (Å²) in [5.74, 6) is 0. The van der Waals surface area contributed by atoms with Crippen LogP contribution in [0.5, 0.6) is 0 Å². The molecule has 0 bridgehead atoms. The van der Waals surface area contributed by atoms with E-state index in [0.29, 0.717) is 0 Å². The van der Waals surface area contributed by atoms with Gasteiger partial charge in [-0.1, -0.05) is 54.4 Å². The first kappa shape index (κ1) is 11.7. The minimum atomic E-state index is -0.806. The van der Waals surface area contributed by atoms with Crippen LogP contribution >= 0.6 is 22.6 Å². The molecule has 0 nitrogen and oxygen atoms in total. The fraction of sp³-hybridized carbons (Fsp3) is 0.778. The maximum Gasteiger partial charge on any atom is 0.0480 e. The second kappa shape index (κ2) is 6.23. The van der Waals surface area contributed by atoms with Crippen LogP contribution in [-0.4, -0.2) is 12.5 Å². The molecular weight excluding hydrogens is 263 g/mol. The second-order valence-electron chi connectivity index (χ2n) is 4.07. The first-order valence-electron chi connectivity index (χ1n) is 4.27. The lowest BCUT2D eigenvalue weighted by Gasteiger charge is -2.11. The Morgan fingerprint density at radius 1 is 1.18 bits per heavy atom. The quantitative estimate of drug-likeness (QED) is 0.234. The summed E-state index contributed by atoms with van der Waals surface area (Å²) in [6.45, 7) is 7.24. The number of halogens is 1. The lowest BCUT2D eigenvalue weighted by molar-refractivity contribution is 0.984. The molecule has 0 aromatic carbocycles. The lowest BCUT2D eigenvalue weighted by atomic mass is 10.3. The summed E-state index contributed by atoms with van der Waals surface area (Å²) in [6, 6.07) is 1.34. The van der Waals surface area contributed by atoms with Crippen molar-refractivity contribution in [2.75, 3.05) is 4.43 Å². The predicted molar refractivity (Wildman–Crippen MR) is 65.4 cm³/mol. The second-order valence-corrected chi connectivity index (χ2v) is 10.7. The van der Waals surface area contributed by atoms with Crippen LogP contribution < -0.4 is 0 Å². The summed E-state index contributed by atoms with van der Waals surface area (Å²) < 4.78 is 1.29. The van der Waals surface area contributed by atoms with E-state index in [0.717, 1.165) is 0 Å². The van der Waals surface area contributed by atoms with E-state index in [1.807, 2.05) is 0 Å². The van der Waals surface area contributed by atoms with Crippen molar-refractivity contribution in [1.82, 2.24) is 0 Å². The molecule has 0 saturated carbocycles. The third-order valence-corrected chi connectivity index (χ3v) is 3.62. The first-order valence-corrected chi connectivity index (χ1v) is 9.50. The van der Waals surface area contributed by atoms with Crippen LogP contribution in [0.4, 0.5) is 0 Å². The molecule has 0 unspecified atom stereocenters. The van der Waals surface area contributed by atoms with Crippen molar-refractivity contribution in [1.29, 1.82) is 0 Å². The average Bonchev–Trinajstić information content (AvgIpc) is 1.85. The monoisotopic (exact) mass is 282 g/mol. The molecule has 2 heteroatoms. The van der Waals surface area contributed by atoms with Crippen molar-refractivity contribution in [3.63, 3.8) is 0 Å². The molecule has 0 rings (SSSR count).